The van der Waals surface area contributed by atoms with Crippen LogP contribution >= 0.6 is 0 Å². The zero-order valence-corrected chi connectivity index (χ0v) is 15.9. The van der Waals surface area contributed by atoms with Gasteiger partial charge in [-0.1, -0.05) is 44.2 Å². The molecule has 1 aliphatic heterocycles. The molecule has 2 heterocycles. The van der Waals surface area contributed by atoms with Crippen LogP contribution in [0.5, 0.6) is 0 Å². The zero-order valence-electron chi connectivity index (χ0n) is 15.9. The van der Waals surface area contributed by atoms with Crippen LogP contribution in [0.2, 0.25) is 0 Å². The fraction of sp³-hybridized carbons (Fsp3) is 0.429. The van der Waals surface area contributed by atoms with Gasteiger partial charge in [0.1, 0.15) is 11.9 Å². The average molecular weight is 353 g/mol. The normalized spacial score (nSPS) is 20.3. The van der Waals surface area contributed by atoms with Crippen molar-refractivity contribution in [3.63, 3.8) is 0 Å². The molecule has 0 unspecified atom stereocenters. The summed E-state index contributed by atoms with van der Waals surface area (Å²) in [5.41, 5.74) is 1.79. The van der Waals surface area contributed by atoms with E-state index in [4.69, 9.17) is 4.74 Å². The van der Waals surface area contributed by atoms with Crippen LogP contribution in [0.15, 0.2) is 48.7 Å². The lowest BCUT2D eigenvalue weighted by atomic mass is 10.0. The second kappa shape index (κ2) is 7.87. The lowest BCUT2D eigenvalue weighted by Crippen LogP contribution is -2.46. The summed E-state index contributed by atoms with van der Waals surface area (Å²) in [4.78, 5) is 20.4. The summed E-state index contributed by atoms with van der Waals surface area (Å²) in [6, 6.07) is 14.1. The summed E-state index contributed by atoms with van der Waals surface area (Å²) in [5, 5.41) is 0. The number of hydrogen-bond acceptors (Lipinski definition) is 4. The topological polar surface area (TPSA) is 45.7 Å². The first-order chi connectivity index (χ1) is 12.5. The van der Waals surface area contributed by atoms with E-state index < -0.39 is 0 Å². The third-order valence-corrected chi connectivity index (χ3v) is 4.77. The van der Waals surface area contributed by atoms with E-state index in [1.165, 1.54) is 5.56 Å². The van der Waals surface area contributed by atoms with E-state index in [0.29, 0.717) is 11.5 Å². The first-order valence-electron chi connectivity index (χ1n) is 9.08. The van der Waals surface area contributed by atoms with Crippen LogP contribution in [0.1, 0.15) is 35.9 Å². The number of ether oxygens (including phenoxy) is 1. The van der Waals surface area contributed by atoms with Gasteiger partial charge in [0.05, 0.1) is 11.7 Å². The number of amides is 1. The van der Waals surface area contributed by atoms with Gasteiger partial charge in [-0.05, 0) is 23.6 Å². The molecule has 0 spiro atoms. The first-order valence-corrected chi connectivity index (χ1v) is 9.08. The molecule has 5 nitrogen and oxygen atoms in total. The van der Waals surface area contributed by atoms with E-state index >= 15 is 0 Å². The van der Waals surface area contributed by atoms with E-state index in [2.05, 4.69) is 35.9 Å². The van der Waals surface area contributed by atoms with Gasteiger partial charge in [0.2, 0.25) is 0 Å². The van der Waals surface area contributed by atoms with Gasteiger partial charge in [0, 0.05) is 33.4 Å². The Bertz CT molecular complexity index is 729. The molecule has 2 atom stereocenters. The highest BCUT2D eigenvalue weighted by molar-refractivity contribution is 5.93. The molecule has 1 amide bonds. The zero-order chi connectivity index (χ0) is 18.7. The van der Waals surface area contributed by atoms with Crippen LogP contribution in [0, 0.1) is 5.92 Å². The van der Waals surface area contributed by atoms with Crippen LogP contribution in [0.4, 0.5) is 5.82 Å². The molecule has 2 aromatic rings. The van der Waals surface area contributed by atoms with Crippen molar-refractivity contribution >= 4 is 11.7 Å². The third-order valence-electron chi connectivity index (χ3n) is 4.77. The standard InChI is InChI=1S/C21H27N3O2/c1-15(2)18-13-24(14-19(26-18)16-8-6-5-7-9-16)20-11-10-17(12-22-20)21(25)23(3)4/h5-12,15,18-19H,13-14H2,1-4H3/t18-,19+/m1/s1. The number of carbonyl (C=O) groups is 1. The largest absolute Gasteiger partial charge is 0.366 e. The summed E-state index contributed by atoms with van der Waals surface area (Å²) in [6.45, 7) is 5.92. The van der Waals surface area contributed by atoms with Gasteiger partial charge >= 0.3 is 0 Å². The number of pyridine rings is 1. The van der Waals surface area contributed by atoms with E-state index in [0.717, 1.165) is 18.9 Å². The van der Waals surface area contributed by atoms with Crippen LogP contribution in [-0.4, -0.2) is 49.1 Å². The predicted molar refractivity (Wildman–Crippen MR) is 103 cm³/mol. The lowest BCUT2D eigenvalue weighted by Gasteiger charge is -2.40. The Morgan fingerprint density at radius 2 is 1.88 bits per heavy atom. The molecule has 138 valence electrons. The molecule has 0 aliphatic carbocycles. The van der Waals surface area contributed by atoms with E-state index in [9.17, 15) is 4.79 Å². The molecule has 1 aromatic heterocycles. The maximum Gasteiger partial charge on any atom is 0.254 e. The molecular weight excluding hydrogens is 326 g/mol. The van der Waals surface area contributed by atoms with E-state index in [1.807, 2.05) is 30.3 Å². The number of benzene rings is 1. The van der Waals surface area contributed by atoms with Gasteiger partial charge in [-0.2, -0.15) is 0 Å². The van der Waals surface area contributed by atoms with Gasteiger partial charge in [0.25, 0.3) is 5.91 Å². The number of anilines is 1. The smallest absolute Gasteiger partial charge is 0.254 e. The summed E-state index contributed by atoms with van der Waals surface area (Å²) in [6.07, 6.45) is 1.82. The lowest BCUT2D eigenvalue weighted by molar-refractivity contribution is -0.0500. The second-order valence-corrected chi connectivity index (χ2v) is 7.33. The molecule has 1 fully saturated rings. The molecule has 1 aromatic carbocycles. The van der Waals surface area contributed by atoms with Crippen molar-refractivity contribution in [1.82, 2.24) is 9.88 Å². The fourth-order valence-corrected chi connectivity index (χ4v) is 3.15. The molecule has 0 N–H and O–H groups in total. The van der Waals surface area contributed by atoms with Crippen molar-refractivity contribution in [2.75, 3.05) is 32.1 Å². The van der Waals surface area contributed by atoms with Crippen molar-refractivity contribution in [2.24, 2.45) is 5.92 Å². The highest BCUT2D eigenvalue weighted by Gasteiger charge is 2.31. The minimum absolute atomic E-state index is 0.0160. The van der Waals surface area contributed by atoms with Crippen molar-refractivity contribution < 1.29 is 9.53 Å². The van der Waals surface area contributed by atoms with Crippen LogP contribution in [0.25, 0.3) is 0 Å². The van der Waals surface area contributed by atoms with Crippen molar-refractivity contribution in [3.8, 4) is 0 Å². The van der Waals surface area contributed by atoms with Crippen LogP contribution < -0.4 is 4.90 Å². The molecular formula is C21H27N3O2. The van der Waals surface area contributed by atoms with Crippen molar-refractivity contribution in [3.05, 3.63) is 59.8 Å². The average Bonchev–Trinajstić information content (AvgIpc) is 2.67. The SMILES string of the molecule is CC(C)[C@H]1CN(c2ccc(C(=O)N(C)C)cn2)C[C@@H](c2ccccc2)O1. The Hall–Kier alpha value is -2.40. The minimum atomic E-state index is -0.0340. The van der Waals surface area contributed by atoms with Gasteiger partial charge in [-0.15, -0.1) is 0 Å². The summed E-state index contributed by atoms with van der Waals surface area (Å²) in [5.74, 6) is 1.27. The molecule has 3 rings (SSSR count). The fourth-order valence-electron chi connectivity index (χ4n) is 3.15. The third kappa shape index (κ3) is 4.05. The molecule has 0 saturated carbocycles. The summed E-state index contributed by atoms with van der Waals surface area (Å²) in [7, 11) is 3.49. The summed E-state index contributed by atoms with van der Waals surface area (Å²) >= 11 is 0. The quantitative estimate of drug-likeness (QED) is 0.845. The number of morpholine rings is 1. The van der Waals surface area contributed by atoms with Gasteiger partial charge in [0.15, 0.2) is 0 Å². The van der Waals surface area contributed by atoms with E-state index in [-0.39, 0.29) is 18.1 Å². The number of rotatable bonds is 4. The minimum Gasteiger partial charge on any atom is -0.366 e. The Balaban J connectivity index is 1.82. The monoisotopic (exact) mass is 353 g/mol. The molecule has 0 bridgehead atoms. The van der Waals surface area contributed by atoms with Gasteiger partial charge in [-0.3, -0.25) is 4.79 Å². The highest BCUT2D eigenvalue weighted by Crippen LogP contribution is 2.30. The Morgan fingerprint density at radius 1 is 1.15 bits per heavy atom. The molecule has 1 saturated heterocycles. The maximum atomic E-state index is 12.1. The van der Waals surface area contributed by atoms with Crippen molar-refractivity contribution in [1.29, 1.82) is 0 Å². The van der Waals surface area contributed by atoms with Gasteiger partial charge < -0.3 is 14.5 Å². The number of carbonyl (C=O) groups excluding carboxylic acids is 1. The molecule has 0 radical (unpaired) electrons. The molecule has 26 heavy (non-hydrogen) atoms. The number of aromatic nitrogens is 1. The number of nitrogens with zero attached hydrogens (tertiary/aromatic N) is 3. The second-order valence-electron chi connectivity index (χ2n) is 7.33. The Kier molecular flexibility index (Phi) is 5.57. The Morgan fingerprint density at radius 3 is 2.46 bits per heavy atom. The molecule has 5 heteroatoms. The van der Waals surface area contributed by atoms with E-state index in [1.54, 1.807) is 25.2 Å². The predicted octanol–water partition coefficient (Wildman–Crippen LogP) is 3.39. The Labute approximate surface area is 155 Å². The number of hydrogen-bond donors (Lipinski definition) is 0. The molecule has 1 aliphatic rings. The maximum absolute atomic E-state index is 12.1. The highest BCUT2D eigenvalue weighted by atomic mass is 16.5. The van der Waals surface area contributed by atoms with Crippen molar-refractivity contribution in [2.45, 2.75) is 26.1 Å². The first kappa shape index (κ1) is 18.4. The van der Waals surface area contributed by atoms with Gasteiger partial charge in [-0.25, -0.2) is 4.98 Å². The van der Waals surface area contributed by atoms with Crippen LogP contribution in [0.3, 0.4) is 0 Å². The van der Waals surface area contributed by atoms with Crippen LogP contribution in [-0.2, 0) is 4.74 Å². The summed E-state index contributed by atoms with van der Waals surface area (Å²) < 4.78 is 6.35.